The quantitative estimate of drug-likeness (QED) is 0.754. The molecule has 2 amide bonds. The number of ether oxygens (including phenoxy) is 1. The van der Waals surface area contributed by atoms with Crippen molar-refractivity contribution in [1.82, 2.24) is 5.32 Å². The van der Waals surface area contributed by atoms with Crippen LogP contribution in [0.15, 0.2) is 18.2 Å². The van der Waals surface area contributed by atoms with Gasteiger partial charge in [0, 0.05) is 26.7 Å². The van der Waals surface area contributed by atoms with Crippen LogP contribution in [0.2, 0.25) is 0 Å². The average molecular weight is 279 g/mol. The fourth-order valence-corrected chi connectivity index (χ4v) is 1.88. The summed E-state index contributed by atoms with van der Waals surface area (Å²) in [5.41, 5.74) is 1.68. The predicted molar refractivity (Wildman–Crippen MR) is 83.9 cm³/mol. The van der Waals surface area contributed by atoms with Crippen LogP contribution in [0.4, 0.5) is 16.2 Å². The van der Waals surface area contributed by atoms with Gasteiger partial charge >= 0.3 is 6.03 Å². The molecular formula is C15H25N3O2. The number of methoxy groups -OCH3 is 1. The van der Waals surface area contributed by atoms with Gasteiger partial charge in [-0.25, -0.2) is 4.79 Å². The SMILES string of the molecule is CCCCCNC(=O)Nc1cc(OC)ccc1N(C)C. The lowest BCUT2D eigenvalue weighted by Gasteiger charge is -2.19. The van der Waals surface area contributed by atoms with Crippen LogP contribution in [0.3, 0.4) is 0 Å². The number of carbonyl (C=O) groups excluding carboxylic acids is 1. The number of carbonyl (C=O) groups is 1. The predicted octanol–water partition coefficient (Wildman–Crippen LogP) is 3.07. The van der Waals surface area contributed by atoms with Gasteiger partial charge in [0.05, 0.1) is 18.5 Å². The van der Waals surface area contributed by atoms with E-state index in [1.807, 2.05) is 37.2 Å². The topological polar surface area (TPSA) is 53.6 Å². The van der Waals surface area contributed by atoms with Gasteiger partial charge in [0.15, 0.2) is 0 Å². The monoisotopic (exact) mass is 279 g/mol. The van der Waals surface area contributed by atoms with Crippen LogP contribution >= 0.6 is 0 Å². The third kappa shape index (κ3) is 4.99. The summed E-state index contributed by atoms with van der Waals surface area (Å²) in [6, 6.07) is 5.43. The van der Waals surface area contributed by atoms with Crippen molar-refractivity contribution in [1.29, 1.82) is 0 Å². The van der Waals surface area contributed by atoms with Crippen LogP contribution in [0.25, 0.3) is 0 Å². The van der Waals surface area contributed by atoms with Gasteiger partial charge in [-0.1, -0.05) is 19.8 Å². The standard InChI is InChI=1S/C15H25N3O2/c1-5-6-7-10-16-15(19)17-13-11-12(20-4)8-9-14(13)18(2)3/h8-9,11H,5-7,10H2,1-4H3,(H2,16,17,19). The lowest BCUT2D eigenvalue weighted by molar-refractivity contribution is 0.252. The second kappa shape index (κ2) is 8.30. The summed E-state index contributed by atoms with van der Waals surface area (Å²) in [5.74, 6) is 0.719. The number of urea groups is 1. The summed E-state index contributed by atoms with van der Waals surface area (Å²) >= 11 is 0. The molecule has 0 saturated carbocycles. The summed E-state index contributed by atoms with van der Waals surface area (Å²) in [5, 5.41) is 5.73. The van der Waals surface area contributed by atoms with E-state index < -0.39 is 0 Å². The van der Waals surface area contributed by atoms with E-state index in [2.05, 4.69) is 17.6 Å². The van der Waals surface area contributed by atoms with Gasteiger partial charge < -0.3 is 20.3 Å². The van der Waals surface area contributed by atoms with Gasteiger partial charge in [0.2, 0.25) is 0 Å². The number of amides is 2. The molecule has 112 valence electrons. The molecule has 0 saturated heterocycles. The third-order valence-corrected chi connectivity index (χ3v) is 3.00. The minimum atomic E-state index is -0.183. The van der Waals surface area contributed by atoms with Crippen LogP contribution in [0.5, 0.6) is 5.75 Å². The third-order valence-electron chi connectivity index (χ3n) is 3.00. The molecule has 0 atom stereocenters. The highest BCUT2D eigenvalue weighted by Gasteiger charge is 2.09. The second-order valence-corrected chi connectivity index (χ2v) is 4.87. The van der Waals surface area contributed by atoms with Crippen molar-refractivity contribution in [2.45, 2.75) is 26.2 Å². The summed E-state index contributed by atoms with van der Waals surface area (Å²) < 4.78 is 5.19. The van der Waals surface area contributed by atoms with Crippen molar-refractivity contribution in [2.75, 3.05) is 38.0 Å². The Morgan fingerprint density at radius 1 is 1.30 bits per heavy atom. The molecule has 0 fully saturated rings. The van der Waals surface area contributed by atoms with E-state index in [0.717, 1.165) is 36.4 Å². The molecule has 0 radical (unpaired) electrons. The van der Waals surface area contributed by atoms with E-state index in [1.54, 1.807) is 7.11 Å². The zero-order valence-electron chi connectivity index (χ0n) is 12.8. The zero-order chi connectivity index (χ0) is 15.0. The summed E-state index contributed by atoms with van der Waals surface area (Å²) in [7, 11) is 5.48. The molecule has 0 heterocycles. The lowest BCUT2D eigenvalue weighted by atomic mass is 10.2. The molecule has 0 spiro atoms. The number of nitrogens with one attached hydrogen (secondary N) is 2. The maximum Gasteiger partial charge on any atom is 0.319 e. The van der Waals surface area contributed by atoms with Crippen molar-refractivity contribution < 1.29 is 9.53 Å². The second-order valence-electron chi connectivity index (χ2n) is 4.87. The summed E-state index contributed by atoms with van der Waals surface area (Å²) in [4.78, 5) is 13.8. The first kappa shape index (κ1) is 16.1. The van der Waals surface area contributed by atoms with Gasteiger partial charge in [-0.05, 0) is 18.6 Å². The Morgan fingerprint density at radius 2 is 2.05 bits per heavy atom. The Kier molecular flexibility index (Phi) is 6.70. The van der Waals surface area contributed by atoms with Crippen molar-refractivity contribution in [2.24, 2.45) is 0 Å². The Hall–Kier alpha value is -1.91. The van der Waals surface area contributed by atoms with E-state index >= 15 is 0 Å². The molecule has 1 aromatic carbocycles. The van der Waals surface area contributed by atoms with Crippen LogP contribution in [0, 0.1) is 0 Å². The Bertz CT molecular complexity index is 433. The summed E-state index contributed by atoms with van der Waals surface area (Å²) in [6.45, 7) is 2.83. The smallest absolute Gasteiger partial charge is 0.319 e. The fourth-order valence-electron chi connectivity index (χ4n) is 1.88. The number of hydrogen-bond donors (Lipinski definition) is 2. The van der Waals surface area contributed by atoms with Crippen LogP contribution in [-0.2, 0) is 0 Å². The van der Waals surface area contributed by atoms with Crippen molar-refractivity contribution >= 4 is 17.4 Å². The highest BCUT2D eigenvalue weighted by molar-refractivity contribution is 5.93. The van der Waals surface area contributed by atoms with Crippen molar-refractivity contribution in [3.8, 4) is 5.75 Å². The van der Waals surface area contributed by atoms with Crippen molar-refractivity contribution in [3.05, 3.63) is 18.2 Å². The number of rotatable bonds is 7. The van der Waals surface area contributed by atoms with E-state index in [4.69, 9.17) is 4.74 Å². The van der Waals surface area contributed by atoms with Gasteiger partial charge in [0.25, 0.3) is 0 Å². The molecule has 0 bridgehead atoms. The fraction of sp³-hybridized carbons (Fsp3) is 0.533. The first-order valence-electron chi connectivity index (χ1n) is 6.98. The molecule has 0 aliphatic rings. The zero-order valence-corrected chi connectivity index (χ0v) is 12.8. The first-order chi connectivity index (χ1) is 9.58. The van der Waals surface area contributed by atoms with E-state index in [-0.39, 0.29) is 6.03 Å². The minimum absolute atomic E-state index is 0.183. The molecule has 1 aromatic rings. The molecule has 5 heteroatoms. The molecular weight excluding hydrogens is 254 g/mol. The molecule has 0 aliphatic carbocycles. The normalized spacial score (nSPS) is 10.0. The molecule has 0 unspecified atom stereocenters. The Balaban J connectivity index is 2.66. The van der Waals surface area contributed by atoms with Crippen molar-refractivity contribution in [3.63, 3.8) is 0 Å². The Morgan fingerprint density at radius 3 is 2.65 bits per heavy atom. The van der Waals surface area contributed by atoms with Gasteiger partial charge in [0.1, 0.15) is 5.75 Å². The lowest BCUT2D eigenvalue weighted by Crippen LogP contribution is -2.30. The molecule has 2 N–H and O–H groups in total. The number of unbranched alkanes of at least 4 members (excludes halogenated alkanes) is 2. The largest absolute Gasteiger partial charge is 0.497 e. The van der Waals surface area contributed by atoms with Gasteiger partial charge in [-0.3, -0.25) is 0 Å². The number of benzene rings is 1. The molecule has 1 rings (SSSR count). The van der Waals surface area contributed by atoms with Crippen LogP contribution in [-0.4, -0.2) is 33.8 Å². The first-order valence-corrected chi connectivity index (χ1v) is 6.98. The van der Waals surface area contributed by atoms with E-state index in [1.165, 1.54) is 0 Å². The molecule has 5 nitrogen and oxygen atoms in total. The Labute approximate surface area is 121 Å². The van der Waals surface area contributed by atoms with E-state index in [9.17, 15) is 4.79 Å². The maximum atomic E-state index is 11.9. The molecule has 20 heavy (non-hydrogen) atoms. The van der Waals surface area contributed by atoms with Gasteiger partial charge in [-0.15, -0.1) is 0 Å². The number of anilines is 2. The number of nitrogens with zero attached hydrogens (tertiary/aromatic N) is 1. The summed E-state index contributed by atoms with van der Waals surface area (Å²) in [6.07, 6.45) is 3.27. The van der Waals surface area contributed by atoms with Crippen LogP contribution in [0.1, 0.15) is 26.2 Å². The highest BCUT2D eigenvalue weighted by Crippen LogP contribution is 2.28. The molecule has 0 aromatic heterocycles. The van der Waals surface area contributed by atoms with Gasteiger partial charge in [-0.2, -0.15) is 0 Å². The minimum Gasteiger partial charge on any atom is -0.497 e. The number of hydrogen-bond acceptors (Lipinski definition) is 3. The molecule has 0 aliphatic heterocycles. The van der Waals surface area contributed by atoms with E-state index in [0.29, 0.717) is 6.54 Å². The average Bonchev–Trinajstić information content (AvgIpc) is 2.43. The maximum absolute atomic E-state index is 11.9. The highest BCUT2D eigenvalue weighted by atomic mass is 16.5. The van der Waals surface area contributed by atoms with Crippen LogP contribution < -0.4 is 20.3 Å².